The minimum absolute atomic E-state index is 0.114. The van der Waals surface area contributed by atoms with E-state index < -0.39 is 0 Å². The summed E-state index contributed by atoms with van der Waals surface area (Å²) in [7, 11) is 0. The third kappa shape index (κ3) is 4.15. The lowest BCUT2D eigenvalue weighted by molar-refractivity contribution is -0.116. The zero-order chi connectivity index (χ0) is 18.1. The van der Waals surface area contributed by atoms with Crippen LogP contribution < -0.4 is 4.90 Å². The molecule has 4 nitrogen and oxygen atoms in total. The van der Waals surface area contributed by atoms with Crippen molar-refractivity contribution in [2.24, 2.45) is 0 Å². The van der Waals surface area contributed by atoms with Gasteiger partial charge in [0, 0.05) is 37.5 Å². The lowest BCUT2D eigenvalue weighted by atomic mass is 10.1. The van der Waals surface area contributed by atoms with Crippen molar-refractivity contribution < 1.29 is 4.79 Å². The summed E-state index contributed by atoms with van der Waals surface area (Å²) in [5.74, 6) is 0.114. The molecule has 0 unspecified atom stereocenters. The van der Waals surface area contributed by atoms with Crippen molar-refractivity contribution in [3.63, 3.8) is 0 Å². The van der Waals surface area contributed by atoms with E-state index in [9.17, 15) is 4.79 Å². The lowest BCUT2D eigenvalue weighted by Gasteiger charge is -2.21. The van der Waals surface area contributed by atoms with Crippen molar-refractivity contribution in [3.8, 4) is 0 Å². The molecule has 0 bridgehead atoms. The predicted octanol–water partition coefficient (Wildman–Crippen LogP) is 4.39. The Kier molecular flexibility index (Phi) is 5.09. The quantitative estimate of drug-likeness (QED) is 0.693. The maximum atomic E-state index is 12.0. The Labute approximate surface area is 159 Å². The highest BCUT2D eigenvalue weighted by Crippen LogP contribution is 2.35. The molecule has 26 heavy (non-hydrogen) atoms. The number of anilines is 1. The van der Waals surface area contributed by atoms with Crippen LogP contribution in [-0.4, -0.2) is 27.9 Å². The summed E-state index contributed by atoms with van der Waals surface area (Å²) in [6.07, 6.45) is 5.87. The van der Waals surface area contributed by atoms with Gasteiger partial charge in [0.25, 0.3) is 0 Å². The summed E-state index contributed by atoms with van der Waals surface area (Å²) >= 11 is 1.61. The van der Waals surface area contributed by atoms with E-state index in [0.717, 1.165) is 43.2 Å². The molecule has 1 heterocycles. The van der Waals surface area contributed by atoms with Crippen LogP contribution in [-0.2, 0) is 24.3 Å². The van der Waals surface area contributed by atoms with Gasteiger partial charge in [0.2, 0.25) is 5.91 Å². The van der Waals surface area contributed by atoms with Gasteiger partial charge in [0.15, 0.2) is 5.13 Å². The predicted molar refractivity (Wildman–Crippen MR) is 106 cm³/mol. The maximum Gasteiger partial charge on any atom is 0.225 e. The van der Waals surface area contributed by atoms with Crippen molar-refractivity contribution in [1.29, 1.82) is 0 Å². The van der Waals surface area contributed by atoms with E-state index in [-0.39, 0.29) is 5.91 Å². The molecule has 4 rings (SSSR count). The van der Waals surface area contributed by atoms with E-state index in [1.54, 1.807) is 18.3 Å². The first-order valence-corrected chi connectivity index (χ1v) is 10.6. The molecule has 0 radical (unpaired) electrons. The number of rotatable bonds is 8. The molecule has 2 saturated carbocycles. The summed E-state index contributed by atoms with van der Waals surface area (Å²) in [5.41, 5.74) is 3.85. The second-order valence-corrected chi connectivity index (χ2v) is 8.38. The van der Waals surface area contributed by atoms with Gasteiger partial charge < -0.3 is 0 Å². The van der Waals surface area contributed by atoms with Crippen LogP contribution in [0, 0.1) is 0 Å². The molecule has 1 aromatic heterocycles. The average Bonchev–Trinajstić information content (AvgIpc) is 3.55. The van der Waals surface area contributed by atoms with Crippen molar-refractivity contribution in [1.82, 2.24) is 9.88 Å². The summed E-state index contributed by atoms with van der Waals surface area (Å²) in [6.45, 7) is 5.68. The largest absolute Gasteiger partial charge is 0.290 e. The average molecular weight is 370 g/mol. The van der Waals surface area contributed by atoms with E-state index in [1.165, 1.54) is 24.0 Å². The highest BCUT2D eigenvalue weighted by molar-refractivity contribution is 7.14. The van der Waals surface area contributed by atoms with Gasteiger partial charge in [-0.25, -0.2) is 4.98 Å². The number of amides is 1. The fourth-order valence-electron chi connectivity index (χ4n) is 3.44. The molecule has 2 aliphatic rings. The standard InChI is InChI=1S/C21H27N3OS/c1-3-16-4-6-17(7-5-16)12-23(19-8-9-19)13-18-14-26-21(22-18)24(15(2)25)20-10-11-20/h4-7,14,19-20H,3,8-13H2,1-2H3. The number of carbonyl (C=O) groups is 1. The van der Waals surface area contributed by atoms with E-state index in [1.807, 2.05) is 4.90 Å². The summed E-state index contributed by atoms with van der Waals surface area (Å²) in [5, 5.41) is 3.00. The SMILES string of the molecule is CCc1ccc(CN(Cc2csc(N(C(C)=O)C3CC3)n2)C2CC2)cc1. The Morgan fingerprint density at radius 3 is 2.31 bits per heavy atom. The van der Waals surface area contributed by atoms with Gasteiger partial charge in [-0.3, -0.25) is 14.6 Å². The topological polar surface area (TPSA) is 36.4 Å². The van der Waals surface area contributed by atoms with Gasteiger partial charge in [-0.2, -0.15) is 0 Å². The molecular weight excluding hydrogens is 342 g/mol. The van der Waals surface area contributed by atoms with E-state index in [0.29, 0.717) is 12.1 Å². The number of carbonyl (C=O) groups excluding carboxylic acids is 1. The third-order valence-corrected chi connectivity index (χ3v) is 6.13. The fourth-order valence-corrected chi connectivity index (χ4v) is 4.37. The maximum absolute atomic E-state index is 12.0. The smallest absolute Gasteiger partial charge is 0.225 e. The molecule has 1 aromatic carbocycles. The molecule has 0 aliphatic heterocycles. The number of aromatic nitrogens is 1. The molecule has 138 valence electrons. The minimum Gasteiger partial charge on any atom is -0.290 e. The summed E-state index contributed by atoms with van der Waals surface area (Å²) in [6, 6.07) is 10.0. The van der Waals surface area contributed by atoms with Crippen LogP contribution in [0.4, 0.5) is 5.13 Å². The van der Waals surface area contributed by atoms with Gasteiger partial charge in [-0.05, 0) is 43.2 Å². The molecule has 2 fully saturated rings. The van der Waals surface area contributed by atoms with Crippen molar-refractivity contribution >= 4 is 22.4 Å². The molecular formula is C21H27N3OS. The summed E-state index contributed by atoms with van der Waals surface area (Å²) in [4.78, 5) is 21.2. The van der Waals surface area contributed by atoms with E-state index in [2.05, 4.69) is 41.5 Å². The molecule has 5 heteroatoms. The van der Waals surface area contributed by atoms with Gasteiger partial charge in [0.1, 0.15) is 0 Å². The monoisotopic (exact) mass is 369 g/mol. The van der Waals surface area contributed by atoms with Crippen molar-refractivity contribution in [3.05, 3.63) is 46.5 Å². The van der Waals surface area contributed by atoms with Gasteiger partial charge in [-0.1, -0.05) is 31.2 Å². The number of aryl methyl sites for hydroxylation is 1. The van der Waals surface area contributed by atoms with Gasteiger partial charge >= 0.3 is 0 Å². The van der Waals surface area contributed by atoms with E-state index in [4.69, 9.17) is 4.98 Å². The number of hydrogen-bond donors (Lipinski definition) is 0. The first-order valence-electron chi connectivity index (χ1n) is 9.70. The zero-order valence-corrected chi connectivity index (χ0v) is 16.5. The molecule has 2 aromatic rings. The van der Waals surface area contributed by atoms with E-state index >= 15 is 0 Å². The van der Waals surface area contributed by atoms with Gasteiger partial charge in [0.05, 0.1) is 5.69 Å². The Hall–Kier alpha value is -1.72. The summed E-state index contributed by atoms with van der Waals surface area (Å²) < 4.78 is 0. The highest BCUT2D eigenvalue weighted by atomic mass is 32.1. The first-order chi connectivity index (χ1) is 12.6. The van der Waals surface area contributed by atoms with Crippen LogP contribution in [0.3, 0.4) is 0 Å². The Bertz CT molecular complexity index is 762. The van der Waals surface area contributed by atoms with Crippen LogP contribution >= 0.6 is 11.3 Å². The lowest BCUT2D eigenvalue weighted by Crippen LogP contribution is -2.30. The second kappa shape index (κ2) is 7.49. The number of thiazole rings is 1. The highest BCUT2D eigenvalue weighted by Gasteiger charge is 2.34. The fraction of sp³-hybridized carbons (Fsp3) is 0.524. The molecule has 2 aliphatic carbocycles. The van der Waals surface area contributed by atoms with Crippen LogP contribution in [0.2, 0.25) is 0 Å². The Balaban J connectivity index is 1.44. The molecule has 0 saturated heterocycles. The molecule has 1 amide bonds. The van der Waals surface area contributed by atoms with Crippen LogP contribution in [0.5, 0.6) is 0 Å². The van der Waals surface area contributed by atoms with Crippen LogP contribution in [0.15, 0.2) is 29.6 Å². The number of nitrogens with zero attached hydrogens (tertiary/aromatic N) is 3. The zero-order valence-electron chi connectivity index (χ0n) is 15.6. The first kappa shape index (κ1) is 17.7. The Morgan fingerprint density at radius 1 is 1.08 bits per heavy atom. The number of hydrogen-bond acceptors (Lipinski definition) is 4. The molecule has 0 atom stereocenters. The van der Waals surface area contributed by atoms with Crippen LogP contribution in [0.25, 0.3) is 0 Å². The number of benzene rings is 1. The van der Waals surface area contributed by atoms with Crippen molar-refractivity contribution in [2.45, 2.75) is 71.1 Å². The van der Waals surface area contributed by atoms with Gasteiger partial charge in [-0.15, -0.1) is 11.3 Å². The minimum atomic E-state index is 0.114. The molecule has 0 spiro atoms. The second-order valence-electron chi connectivity index (χ2n) is 7.55. The van der Waals surface area contributed by atoms with Crippen LogP contribution in [0.1, 0.15) is 56.4 Å². The molecule has 0 N–H and O–H groups in total. The van der Waals surface area contributed by atoms with Crippen molar-refractivity contribution in [2.75, 3.05) is 4.90 Å². The third-order valence-electron chi connectivity index (χ3n) is 5.24. The normalized spacial score (nSPS) is 16.9. The Morgan fingerprint density at radius 2 is 1.73 bits per heavy atom.